The van der Waals surface area contributed by atoms with Gasteiger partial charge in [0, 0.05) is 13.2 Å². The molecule has 0 radical (unpaired) electrons. The van der Waals surface area contributed by atoms with E-state index in [0.717, 1.165) is 39.0 Å². The SMILES string of the molecule is CCC1CCN(CCOCC(C)C)C(C(=O)O)C1. The number of likely N-dealkylation sites (tertiary alicyclic amines) is 1. The maximum Gasteiger partial charge on any atom is 0.320 e. The van der Waals surface area contributed by atoms with Gasteiger partial charge in [0.15, 0.2) is 0 Å². The number of hydrogen-bond donors (Lipinski definition) is 1. The largest absolute Gasteiger partial charge is 0.480 e. The zero-order valence-corrected chi connectivity index (χ0v) is 11.9. The minimum Gasteiger partial charge on any atom is -0.480 e. The Labute approximate surface area is 110 Å². The van der Waals surface area contributed by atoms with Crippen molar-refractivity contribution in [2.24, 2.45) is 11.8 Å². The summed E-state index contributed by atoms with van der Waals surface area (Å²) in [5.74, 6) is 0.419. The van der Waals surface area contributed by atoms with E-state index in [-0.39, 0.29) is 6.04 Å². The van der Waals surface area contributed by atoms with Crippen molar-refractivity contribution < 1.29 is 14.6 Å². The van der Waals surface area contributed by atoms with Crippen molar-refractivity contribution in [2.45, 2.75) is 46.1 Å². The van der Waals surface area contributed by atoms with E-state index in [4.69, 9.17) is 4.74 Å². The number of carboxylic acid groups (broad SMARTS) is 1. The van der Waals surface area contributed by atoms with Gasteiger partial charge >= 0.3 is 5.97 Å². The van der Waals surface area contributed by atoms with E-state index in [2.05, 4.69) is 25.7 Å². The van der Waals surface area contributed by atoms with Crippen LogP contribution in [0.5, 0.6) is 0 Å². The van der Waals surface area contributed by atoms with Gasteiger partial charge in [-0.15, -0.1) is 0 Å². The number of piperidine rings is 1. The highest BCUT2D eigenvalue weighted by atomic mass is 16.5. The molecule has 1 rings (SSSR count). The lowest BCUT2D eigenvalue weighted by atomic mass is 9.89. The smallest absolute Gasteiger partial charge is 0.320 e. The molecule has 0 aromatic carbocycles. The van der Waals surface area contributed by atoms with Gasteiger partial charge in [-0.05, 0) is 31.2 Å². The summed E-state index contributed by atoms with van der Waals surface area (Å²) >= 11 is 0. The molecule has 4 nitrogen and oxygen atoms in total. The first-order valence-corrected chi connectivity index (χ1v) is 7.09. The zero-order chi connectivity index (χ0) is 13.5. The van der Waals surface area contributed by atoms with Gasteiger partial charge in [0.2, 0.25) is 0 Å². The lowest BCUT2D eigenvalue weighted by molar-refractivity contribution is -0.145. The molecule has 0 aromatic heterocycles. The van der Waals surface area contributed by atoms with E-state index in [1.807, 2.05) is 0 Å². The first kappa shape index (κ1) is 15.4. The zero-order valence-electron chi connectivity index (χ0n) is 11.9. The van der Waals surface area contributed by atoms with Crippen molar-refractivity contribution >= 4 is 5.97 Å². The molecule has 1 fully saturated rings. The van der Waals surface area contributed by atoms with Gasteiger partial charge in [0.25, 0.3) is 0 Å². The van der Waals surface area contributed by atoms with Crippen molar-refractivity contribution in [2.75, 3.05) is 26.3 Å². The molecule has 1 aliphatic rings. The Morgan fingerprint density at radius 1 is 1.50 bits per heavy atom. The van der Waals surface area contributed by atoms with E-state index < -0.39 is 5.97 Å². The molecule has 4 heteroatoms. The number of aliphatic carboxylic acids is 1. The Balaban J connectivity index is 2.36. The number of rotatable bonds is 7. The molecule has 0 spiro atoms. The first-order chi connectivity index (χ1) is 8.54. The summed E-state index contributed by atoms with van der Waals surface area (Å²) in [7, 11) is 0. The molecular weight excluding hydrogens is 230 g/mol. The summed E-state index contributed by atoms with van der Waals surface area (Å²) in [5.41, 5.74) is 0. The Bertz CT molecular complexity index is 255. The summed E-state index contributed by atoms with van der Waals surface area (Å²) in [6, 6.07) is -0.314. The second kappa shape index (κ2) is 7.74. The topological polar surface area (TPSA) is 49.8 Å². The third kappa shape index (κ3) is 4.94. The van der Waals surface area contributed by atoms with Crippen LogP contribution in [-0.2, 0) is 9.53 Å². The summed E-state index contributed by atoms with van der Waals surface area (Å²) < 4.78 is 5.54. The fourth-order valence-electron chi connectivity index (χ4n) is 2.48. The van der Waals surface area contributed by atoms with Crippen molar-refractivity contribution in [3.8, 4) is 0 Å². The summed E-state index contributed by atoms with van der Waals surface area (Å²) in [5, 5.41) is 9.28. The van der Waals surface area contributed by atoms with Gasteiger partial charge in [-0.1, -0.05) is 27.2 Å². The average molecular weight is 257 g/mol. The van der Waals surface area contributed by atoms with Gasteiger partial charge in [0.1, 0.15) is 6.04 Å². The van der Waals surface area contributed by atoms with Gasteiger partial charge < -0.3 is 9.84 Å². The van der Waals surface area contributed by atoms with Gasteiger partial charge in [-0.3, -0.25) is 9.69 Å². The summed E-state index contributed by atoms with van der Waals surface area (Å²) in [4.78, 5) is 13.3. The van der Waals surface area contributed by atoms with Crippen molar-refractivity contribution in [3.05, 3.63) is 0 Å². The van der Waals surface area contributed by atoms with Gasteiger partial charge in [-0.2, -0.15) is 0 Å². The molecule has 0 aromatic rings. The van der Waals surface area contributed by atoms with Crippen LogP contribution in [0.15, 0.2) is 0 Å². The van der Waals surface area contributed by atoms with Crippen LogP contribution in [0.2, 0.25) is 0 Å². The van der Waals surface area contributed by atoms with Crippen LogP contribution in [0, 0.1) is 11.8 Å². The lowest BCUT2D eigenvalue weighted by Gasteiger charge is -2.36. The number of carboxylic acids is 1. The average Bonchev–Trinajstić information content (AvgIpc) is 2.34. The van der Waals surface area contributed by atoms with E-state index in [1.54, 1.807) is 0 Å². The molecule has 1 heterocycles. The molecule has 1 saturated heterocycles. The van der Waals surface area contributed by atoms with Gasteiger partial charge in [0.05, 0.1) is 6.61 Å². The second-order valence-electron chi connectivity index (χ2n) is 5.66. The molecule has 0 bridgehead atoms. The van der Waals surface area contributed by atoms with E-state index in [9.17, 15) is 9.90 Å². The molecule has 106 valence electrons. The Morgan fingerprint density at radius 3 is 2.78 bits per heavy atom. The van der Waals surface area contributed by atoms with Crippen LogP contribution in [-0.4, -0.2) is 48.3 Å². The van der Waals surface area contributed by atoms with Crippen molar-refractivity contribution in [1.29, 1.82) is 0 Å². The standard InChI is InChI=1S/C14H27NO3/c1-4-12-5-6-15(13(9-12)14(16)17)7-8-18-10-11(2)3/h11-13H,4-10H2,1-3H3,(H,16,17). The molecule has 18 heavy (non-hydrogen) atoms. The van der Waals surface area contributed by atoms with Crippen molar-refractivity contribution in [3.63, 3.8) is 0 Å². The number of nitrogens with zero attached hydrogens (tertiary/aromatic N) is 1. The highest BCUT2D eigenvalue weighted by Crippen LogP contribution is 2.25. The minimum absolute atomic E-state index is 0.314. The Morgan fingerprint density at radius 2 is 2.22 bits per heavy atom. The maximum absolute atomic E-state index is 11.3. The van der Waals surface area contributed by atoms with E-state index in [0.29, 0.717) is 18.4 Å². The third-order valence-corrected chi connectivity index (χ3v) is 3.66. The van der Waals surface area contributed by atoms with E-state index >= 15 is 0 Å². The predicted octanol–water partition coefficient (Wildman–Crippen LogP) is 2.23. The normalized spacial score (nSPS) is 25.6. The molecule has 0 saturated carbocycles. The van der Waals surface area contributed by atoms with Crippen LogP contribution < -0.4 is 0 Å². The van der Waals surface area contributed by atoms with E-state index in [1.165, 1.54) is 0 Å². The maximum atomic E-state index is 11.3. The highest BCUT2D eigenvalue weighted by Gasteiger charge is 2.32. The predicted molar refractivity (Wildman–Crippen MR) is 71.7 cm³/mol. The second-order valence-corrected chi connectivity index (χ2v) is 5.66. The summed E-state index contributed by atoms with van der Waals surface area (Å²) in [6.07, 6.45) is 2.99. The minimum atomic E-state index is -0.683. The summed E-state index contributed by atoms with van der Waals surface area (Å²) in [6.45, 7) is 9.40. The first-order valence-electron chi connectivity index (χ1n) is 7.09. The fraction of sp³-hybridized carbons (Fsp3) is 0.929. The monoisotopic (exact) mass is 257 g/mol. The number of ether oxygens (including phenoxy) is 1. The quantitative estimate of drug-likeness (QED) is 0.711. The number of hydrogen-bond acceptors (Lipinski definition) is 3. The van der Waals surface area contributed by atoms with Crippen LogP contribution in [0.1, 0.15) is 40.0 Å². The highest BCUT2D eigenvalue weighted by molar-refractivity contribution is 5.73. The lowest BCUT2D eigenvalue weighted by Crippen LogP contribution is -2.48. The van der Waals surface area contributed by atoms with Gasteiger partial charge in [-0.25, -0.2) is 0 Å². The van der Waals surface area contributed by atoms with Crippen LogP contribution >= 0.6 is 0 Å². The molecule has 2 atom stereocenters. The van der Waals surface area contributed by atoms with Crippen molar-refractivity contribution in [1.82, 2.24) is 4.90 Å². The Kier molecular flexibility index (Phi) is 6.65. The van der Waals surface area contributed by atoms with Crippen LogP contribution in [0.4, 0.5) is 0 Å². The number of carbonyl (C=O) groups is 1. The molecule has 0 aliphatic carbocycles. The fourth-order valence-corrected chi connectivity index (χ4v) is 2.48. The third-order valence-electron chi connectivity index (χ3n) is 3.66. The van der Waals surface area contributed by atoms with Crippen LogP contribution in [0.3, 0.4) is 0 Å². The Hall–Kier alpha value is -0.610. The molecule has 1 aliphatic heterocycles. The molecular formula is C14H27NO3. The molecule has 2 unspecified atom stereocenters. The van der Waals surface area contributed by atoms with Crippen LogP contribution in [0.25, 0.3) is 0 Å². The molecule has 1 N–H and O–H groups in total. The molecule has 0 amide bonds.